The van der Waals surface area contributed by atoms with Gasteiger partial charge < -0.3 is 15.6 Å². The number of aromatic nitrogens is 3. The van der Waals surface area contributed by atoms with Gasteiger partial charge in [-0.2, -0.15) is 0 Å². The Morgan fingerprint density at radius 3 is 2.80 bits per heavy atom. The van der Waals surface area contributed by atoms with Crippen molar-refractivity contribution in [2.75, 3.05) is 6.54 Å². The van der Waals surface area contributed by atoms with Crippen LogP contribution < -0.4 is 11.1 Å². The Morgan fingerprint density at radius 2 is 2.08 bits per heavy atom. The van der Waals surface area contributed by atoms with E-state index in [2.05, 4.69) is 15.3 Å². The molecular weight excluding hydrogens is 342 g/mol. The largest absolute Gasteiger partial charge is 0.370 e. The van der Waals surface area contributed by atoms with Crippen molar-refractivity contribution in [3.8, 4) is 11.4 Å². The monoisotopic (exact) mass is 357 g/mol. The molecule has 2 heterocycles. The average Bonchev–Trinajstić information content (AvgIpc) is 2.91. The van der Waals surface area contributed by atoms with Gasteiger partial charge in [0.15, 0.2) is 5.65 Å². The van der Waals surface area contributed by atoms with Crippen molar-refractivity contribution in [1.29, 1.82) is 0 Å². The molecular formula is C17H16ClN5O2. The second-order valence-electron chi connectivity index (χ2n) is 5.51. The van der Waals surface area contributed by atoms with Crippen molar-refractivity contribution >= 4 is 34.6 Å². The molecule has 0 bridgehead atoms. The molecule has 0 saturated heterocycles. The number of carbonyl (C=O) groups excluding carboxylic acids is 2. The predicted octanol–water partition coefficient (Wildman–Crippen LogP) is 1.89. The molecule has 8 heteroatoms. The first-order valence-electron chi connectivity index (χ1n) is 7.61. The summed E-state index contributed by atoms with van der Waals surface area (Å²) in [5.41, 5.74) is 7.43. The zero-order valence-corrected chi connectivity index (χ0v) is 14.2. The summed E-state index contributed by atoms with van der Waals surface area (Å²) >= 11 is 6.25. The van der Waals surface area contributed by atoms with Crippen molar-refractivity contribution in [2.45, 2.75) is 6.42 Å². The third-order valence-electron chi connectivity index (χ3n) is 3.74. The van der Waals surface area contributed by atoms with Gasteiger partial charge in [-0.1, -0.05) is 23.7 Å². The van der Waals surface area contributed by atoms with E-state index in [4.69, 9.17) is 17.3 Å². The number of carbonyl (C=O) groups is 2. The summed E-state index contributed by atoms with van der Waals surface area (Å²) in [6.45, 7) is 0.180. The molecule has 0 aliphatic rings. The van der Waals surface area contributed by atoms with Crippen LogP contribution in [-0.2, 0) is 11.8 Å². The lowest BCUT2D eigenvalue weighted by Gasteiger charge is -2.04. The summed E-state index contributed by atoms with van der Waals surface area (Å²) in [5.74, 6) is -0.136. The Bertz CT molecular complexity index is 967. The standard InChI is InChI=1S/C17H16ClN5O2/c1-23-15(11-4-2-3-5-12(11)18)22-13-8-10(9-21-16(13)23)17(25)20-7-6-14(19)24/h2-5,8-9H,6-7H2,1H3,(H2,19,24)(H,20,25). The van der Waals surface area contributed by atoms with Crippen LogP contribution in [0, 0.1) is 0 Å². The van der Waals surface area contributed by atoms with E-state index in [1.54, 1.807) is 12.1 Å². The highest BCUT2D eigenvalue weighted by Crippen LogP contribution is 2.28. The topological polar surface area (TPSA) is 103 Å². The Balaban J connectivity index is 1.93. The number of hydrogen-bond acceptors (Lipinski definition) is 4. The van der Waals surface area contributed by atoms with Gasteiger partial charge >= 0.3 is 0 Å². The summed E-state index contributed by atoms with van der Waals surface area (Å²) in [4.78, 5) is 31.7. The van der Waals surface area contributed by atoms with Gasteiger partial charge in [0.25, 0.3) is 5.91 Å². The second kappa shape index (κ2) is 6.90. The van der Waals surface area contributed by atoms with Crippen LogP contribution >= 0.6 is 11.6 Å². The van der Waals surface area contributed by atoms with Crippen molar-refractivity contribution in [3.05, 3.63) is 47.1 Å². The fourth-order valence-electron chi connectivity index (χ4n) is 2.48. The lowest BCUT2D eigenvalue weighted by molar-refractivity contribution is -0.117. The molecule has 0 spiro atoms. The van der Waals surface area contributed by atoms with Crippen LogP contribution in [0.3, 0.4) is 0 Å². The van der Waals surface area contributed by atoms with Crippen LogP contribution in [0.5, 0.6) is 0 Å². The normalized spacial score (nSPS) is 10.8. The summed E-state index contributed by atoms with van der Waals surface area (Å²) < 4.78 is 1.82. The molecule has 2 aromatic heterocycles. The number of imidazole rings is 1. The number of hydrogen-bond donors (Lipinski definition) is 2. The summed E-state index contributed by atoms with van der Waals surface area (Å²) in [7, 11) is 1.84. The number of primary amides is 1. The minimum Gasteiger partial charge on any atom is -0.370 e. The Kier molecular flexibility index (Phi) is 4.67. The van der Waals surface area contributed by atoms with Crippen LogP contribution in [0.25, 0.3) is 22.6 Å². The molecule has 25 heavy (non-hydrogen) atoms. The number of nitrogens with zero attached hydrogens (tertiary/aromatic N) is 3. The maximum absolute atomic E-state index is 12.1. The molecule has 3 rings (SSSR count). The predicted molar refractivity (Wildman–Crippen MR) is 95.1 cm³/mol. The zero-order valence-electron chi connectivity index (χ0n) is 13.5. The molecule has 0 radical (unpaired) electrons. The van der Waals surface area contributed by atoms with E-state index >= 15 is 0 Å². The van der Waals surface area contributed by atoms with E-state index in [1.807, 2.05) is 29.8 Å². The highest BCUT2D eigenvalue weighted by atomic mass is 35.5. The maximum Gasteiger partial charge on any atom is 0.252 e. The number of rotatable bonds is 5. The minimum absolute atomic E-state index is 0.0850. The van der Waals surface area contributed by atoms with Crippen molar-refractivity contribution < 1.29 is 9.59 Å². The van der Waals surface area contributed by atoms with Crippen molar-refractivity contribution in [1.82, 2.24) is 19.9 Å². The molecule has 0 fully saturated rings. The number of fused-ring (bicyclic) bond motifs is 1. The van der Waals surface area contributed by atoms with Crippen molar-refractivity contribution in [3.63, 3.8) is 0 Å². The molecule has 0 saturated carbocycles. The molecule has 3 N–H and O–H groups in total. The Hall–Kier alpha value is -2.93. The molecule has 0 unspecified atom stereocenters. The number of amides is 2. The van der Waals surface area contributed by atoms with E-state index in [-0.39, 0.29) is 18.9 Å². The van der Waals surface area contributed by atoms with Gasteiger partial charge in [0, 0.05) is 31.8 Å². The first-order valence-corrected chi connectivity index (χ1v) is 7.99. The maximum atomic E-state index is 12.1. The number of nitrogens with two attached hydrogens (primary N) is 1. The van der Waals surface area contributed by atoms with E-state index in [0.717, 1.165) is 5.56 Å². The lowest BCUT2D eigenvalue weighted by Crippen LogP contribution is -2.27. The van der Waals surface area contributed by atoms with Gasteiger partial charge in [0.05, 0.1) is 10.6 Å². The molecule has 2 amide bonds. The van der Waals surface area contributed by atoms with Gasteiger partial charge in [0.2, 0.25) is 5.91 Å². The average molecular weight is 358 g/mol. The number of nitrogens with one attached hydrogen (secondary N) is 1. The fourth-order valence-corrected chi connectivity index (χ4v) is 2.71. The quantitative estimate of drug-likeness (QED) is 0.727. The minimum atomic E-state index is -0.469. The van der Waals surface area contributed by atoms with Crippen LogP contribution in [0.4, 0.5) is 0 Å². The van der Waals surface area contributed by atoms with Crippen LogP contribution in [0.15, 0.2) is 36.5 Å². The Labute approximate surface area is 148 Å². The SMILES string of the molecule is Cn1c(-c2ccccc2Cl)nc2cc(C(=O)NCCC(N)=O)cnc21. The molecule has 128 valence electrons. The van der Waals surface area contributed by atoms with Gasteiger partial charge in [-0.3, -0.25) is 9.59 Å². The number of aryl methyl sites for hydroxylation is 1. The highest BCUT2D eigenvalue weighted by molar-refractivity contribution is 6.33. The van der Waals surface area contributed by atoms with E-state index in [9.17, 15) is 9.59 Å². The zero-order chi connectivity index (χ0) is 18.0. The fraction of sp³-hybridized carbons (Fsp3) is 0.176. The number of halogens is 1. The lowest BCUT2D eigenvalue weighted by atomic mass is 10.2. The van der Waals surface area contributed by atoms with Gasteiger partial charge in [0.1, 0.15) is 11.3 Å². The smallest absolute Gasteiger partial charge is 0.252 e. The van der Waals surface area contributed by atoms with Crippen LogP contribution in [0.1, 0.15) is 16.8 Å². The third-order valence-corrected chi connectivity index (χ3v) is 4.07. The molecule has 0 atom stereocenters. The first kappa shape index (κ1) is 16.9. The van der Waals surface area contributed by atoms with Gasteiger partial charge in [-0.15, -0.1) is 0 Å². The first-order chi connectivity index (χ1) is 12.0. The van der Waals surface area contributed by atoms with Gasteiger partial charge in [-0.05, 0) is 18.2 Å². The summed E-state index contributed by atoms with van der Waals surface area (Å²) in [6.07, 6.45) is 1.56. The molecule has 0 aliphatic carbocycles. The molecule has 0 aliphatic heterocycles. The Morgan fingerprint density at radius 1 is 1.32 bits per heavy atom. The number of pyridine rings is 1. The van der Waals surface area contributed by atoms with E-state index in [0.29, 0.717) is 27.6 Å². The second-order valence-corrected chi connectivity index (χ2v) is 5.92. The summed E-state index contributed by atoms with van der Waals surface area (Å²) in [5, 5.41) is 3.21. The molecule has 1 aromatic carbocycles. The van der Waals surface area contributed by atoms with Crippen molar-refractivity contribution in [2.24, 2.45) is 12.8 Å². The van der Waals surface area contributed by atoms with E-state index in [1.165, 1.54) is 6.20 Å². The van der Waals surface area contributed by atoms with E-state index < -0.39 is 5.91 Å². The van der Waals surface area contributed by atoms with Gasteiger partial charge in [-0.25, -0.2) is 9.97 Å². The molecule has 7 nitrogen and oxygen atoms in total. The van der Waals surface area contributed by atoms with Crippen LogP contribution in [-0.4, -0.2) is 32.9 Å². The number of benzene rings is 1. The molecule has 3 aromatic rings. The third kappa shape index (κ3) is 3.46. The van der Waals surface area contributed by atoms with Crippen LogP contribution in [0.2, 0.25) is 5.02 Å². The summed E-state index contributed by atoms with van der Waals surface area (Å²) in [6, 6.07) is 9.05. The highest BCUT2D eigenvalue weighted by Gasteiger charge is 2.15.